The second-order valence-corrected chi connectivity index (χ2v) is 5.69. The monoisotopic (exact) mass is 323 g/mol. The third-order valence-corrected chi connectivity index (χ3v) is 4.08. The molecule has 0 aliphatic carbocycles. The van der Waals surface area contributed by atoms with Crippen molar-refractivity contribution in [1.29, 1.82) is 0 Å². The Morgan fingerprint density at radius 1 is 1.35 bits per heavy atom. The number of aliphatic carboxylic acids is 1. The van der Waals surface area contributed by atoms with Gasteiger partial charge >= 0.3 is 5.97 Å². The highest BCUT2D eigenvalue weighted by Gasteiger charge is 2.22. The average molecular weight is 323 g/mol. The molecule has 0 bridgehead atoms. The molecule has 0 aromatic heterocycles. The first kappa shape index (κ1) is 17.5. The minimum absolute atomic E-state index is 0.416. The van der Waals surface area contributed by atoms with Gasteiger partial charge in [0.25, 0.3) is 0 Å². The van der Waals surface area contributed by atoms with E-state index in [4.69, 9.17) is 20.3 Å². The van der Waals surface area contributed by atoms with E-state index in [1.165, 1.54) is 7.11 Å². The first-order valence-electron chi connectivity index (χ1n) is 7.72. The van der Waals surface area contributed by atoms with Gasteiger partial charge in [0.1, 0.15) is 12.6 Å². The van der Waals surface area contributed by atoms with E-state index < -0.39 is 12.0 Å². The normalized spacial score (nSPS) is 17.7. The molecule has 3 N–H and O–H groups in total. The number of piperazine rings is 1. The number of carboxylic acids is 1. The number of hydrogen-bond donors (Lipinski definition) is 2. The van der Waals surface area contributed by atoms with Crippen LogP contribution in [-0.2, 0) is 4.79 Å². The van der Waals surface area contributed by atoms with Crippen LogP contribution in [0.5, 0.6) is 11.5 Å². The van der Waals surface area contributed by atoms with Gasteiger partial charge in [0.05, 0.1) is 7.11 Å². The molecule has 0 amide bonds. The number of nitrogens with zero attached hydrogens (tertiary/aromatic N) is 2. The van der Waals surface area contributed by atoms with Gasteiger partial charge in [0, 0.05) is 38.3 Å². The summed E-state index contributed by atoms with van der Waals surface area (Å²) in [5.74, 6) is -0.182. The zero-order valence-corrected chi connectivity index (χ0v) is 13.7. The van der Waals surface area contributed by atoms with E-state index in [0.29, 0.717) is 23.7 Å². The molecule has 1 saturated heterocycles. The van der Waals surface area contributed by atoms with Gasteiger partial charge in [-0.05, 0) is 13.1 Å². The van der Waals surface area contributed by atoms with Crippen LogP contribution in [0, 0.1) is 0 Å². The van der Waals surface area contributed by atoms with E-state index in [-0.39, 0.29) is 0 Å². The number of nitrogens with two attached hydrogens (primary N) is 1. The third kappa shape index (κ3) is 4.57. The number of para-hydroxylation sites is 1. The average Bonchev–Trinajstić information content (AvgIpc) is 2.56. The predicted octanol–water partition coefficient (Wildman–Crippen LogP) is 0.406. The summed E-state index contributed by atoms with van der Waals surface area (Å²) in [6.45, 7) is 5.35. The number of ether oxygens (including phenoxy) is 2. The van der Waals surface area contributed by atoms with Gasteiger partial charge in [0.15, 0.2) is 11.5 Å². The summed E-state index contributed by atoms with van der Waals surface area (Å²) in [5.41, 5.74) is 6.17. The number of carboxylic acid groups (broad SMARTS) is 1. The van der Waals surface area contributed by atoms with Crippen LogP contribution in [0.15, 0.2) is 18.2 Å². The van der Waals surface area contributed by atoms with Crippen molar-refractivity contribution < 1.29 is 19.4 Å². The molecule has 128 valence electrons. The molecule has 1 aliphatic rings. The summed E-state index contributed by atoms with van der Waals surface area (Å²) in [4.78, 5) is 15.8. The minimum atomic E-state index is -1.14. The van der Waals surface area contributed by atoms with E-state index in [2.05, 4.69) is 16.8 Å². The van der Waals surface area contributed by atoms with Crippen LogP contribution in [-0.4, -0.2) is 74.4 Å². The Kier molecular flexibility index (Phi) is 6.20. The lowest BCUT2D eigenvalue weighted by Crippen LogP contribution is -2.45. The second kappa shape index (κ2) is 8.14. The molecule has 0 radical (unpaired) electrons. The lowest BCUT2D eigenvalue weighted by atomic mass is 10.1. The van der Waals surface area contributed by atoms with E-state index in [1.807, 2.05) is 0 Å². The van der Waals surface area contributed by atoms with Crippen LogP contribution < -0.4 is 15.2 Å². The molecule has 7 heteroatoms. The lowest BCUT2D eigenvalue weighted by molar-refractivity contribution is -0.138. The minimum Gasteiger partial charge on any atom is -0.493 e. The fraction of sp³-hybridized carbons (Fsp3) is 0.562. The van der Waals surface area contributed by atoms with Crippen molar-refractivity contribution >= 4 is 5.97 Å². The highest BCUT2D eigenvalue weighted by molar-refractivity contribution is 5.77. The Labute approximate surface area is 136 Å². The number of methoxy groups -OCH3 is 1. The van der Waals surface area contributed by atoms with Gasteiger partial charge in [0.2, 0.25) is 0 Å². The van der Waals surface area contributed by atoms with E-state index in [1.54, 1.807) is 18.2 Å². The number of carbonyl (C=O) groups is 1. The lowest BCUT2D eigenvalue weighted by Gasteiger charge is -2.32. The van der Waals surface area contributed by atoms with Crippen LogP contribution in [0.2, 0.25) is 0 Å². The van der Waals surface area contributed by atoms with Crippen LogP contribution in [0.25, 0.3) is 0 Å². The Bertz CT molecular complexity index is 530. The molecule has 1 heterocycles. The molecule has 1 fully saturated rings. The molecule has 1 atom stereocenters. The van der Waals surface area contributed by atoms with E-state index in [9.17, 15) is 4.79 Å². The first-order chi connectivity index (χ1) is 11.0. The highest BCUT2D eigenvalue weighted by Crippen LogP contribution is 2.34. The molecule has 1 aromatic carbocycles. The smallest absolute Gasteiger partial charge is 0.325 e. The van der Waals surface area contributed by atoms with Gasteiger partial charge < -0.3 is 25.2 Å². The molecule has 1 aliphatic heterocycles. The number of rotatable bonds is 7. The van der Waals surface area contributed by atoms with Crippen molar-refractivity contribution in [1.82, 2.24) is 9.80 Å². The zero-order valence-electron chi connectivity index (χ0n) is 13.7. The van der Waals surface area contributed by atoms with E-state index in [0.717, 1.165) is 32.7 Å². The maximum Gasteiger partial charge on any atom is 0.325 e. The quantitative estimate of drug-likeness (QED) is 0.751. The van der Waals surface area contributed by atoms with Crippen molar-refractivity contribution in [3.05, 3.63) is 23.8 Å². The Morgan fingerprint density at radius 2 is 2.04 bits per heavy atom. The second-order valence-electron chi connectivity index (χ2n) is 5.69. The summed E-state index contributed by atoms with van der Waals surface area (Å²) >= 11 is 0. The third-order valence-electron chi connectivity index (χ3n) is 4.08. The number of likely N-dealkylation sites (N-methyl/N-ethyl adjacent to an activating group) is 1. The summed E-state index contributed by atoms with van der Waals surface area (Å²) in [6.07, 6.45) is 0. The maximum atomic E-state index is 11.2. The van der Waals surface area contributed by atoms with Crippen molar-refractivity contribution in [3.8, 4) is 11.5 Å². The van der Waals surface area contributed by atoms with Crippen LogP contribution in [0.3, 0.4) is 0 Å². The molecular formula is C16H25N3O4. The molecule has 0 spiro atoms. The predicted molar refractivity (Wildman–Crippen MR) is 87.0 cm³/mol. The zero-order chi connectivity index (χ0) is 16.8. The Hall–Kier alpha value is -1.83. The molecule has 0 saturated carbocycles. The van der Waals surface area contributed by atoms with Crippen LogP contribution in [0.4, 0.5) is 0 Å². The van der Waals surface area contributed by atoms with Crippen LogP contribution in [0.1, 0.15) is 11.6 Å². The Morgan fingerprint density at radius 3 is 2.65 bits per heavy atom. The fourth-order valence-electron chi connectivity index (χ4n) is 2.57. The van der Waals surface area contributed by atoms with Crippen molar-refractivity contribution in [3.63, 3.8) is 0 Å². The largest absolute Gasteiger partial charge is 0.493 e. The first-order valence-corrected chi connectivity index (χ1v) is 7.72. The number of benzene rings is 1. The molecule has 1 aromatic rings. The molecular weight excluding hydrogens is 298 g/mol. The van der Waals surface area contributed by atoms with Gasteiger partial charge in [-0.1, -0.05) is 12.1 Å². The number of hydrogen-bond acceptors (Lipinski definition) is 6. The van der Waals surface area contributed by atoms with Gasteiger partial charge in [-0.2, -0.15) is 0 Å². The SMILES string of the molecule is COc1cccc([C@H](N)C(=O)O)c1OCCN1CCN(C)CC1. The molecule has 0 unspecified atom stereocenters. The van der Waals surface area contributed by atoms with Crippen molar-refractivity contribution in [2.45, 2.75) is 6.04 Å². The topological polar surface area (TPSA) is 88.3 Å². The van der Waals surface area contributed by atoms with Crippen LogP contribution >= 0.6 is 0 Å². The summed E-state index contributed by atoms with van der Waals surface area (Å²) in [5, 5.41) is 9.14. The van der Waals surface area contributed by atoms with Crippen molar-refractivity contribution in [2.75, 3.05) is 53.5 Å². The highest BCUT2D eigenvalue weighted by atomic mass is 16.5. The van der Waals surface area contributed by atoms with Gasteiger partial charge in [-0.25, -0.2) is 0 Å². The standard InChI is InChI=1S/C16H25N3O4/c1-18-6-8-19(9-7-18)10-11-23-15-12(14(17)16(20)21)4-3-5-13(15)22-2/h3-5,14H,6-11,17H2,1-2H3,(H,20,21)/t14-/m0/s1. The van der Waals surface area contributed by atoms with E-state index >= 15 is 0 Å². The summed E-state index contributed by atoms with van der Waals surface area (Å²) in [7, 11) is 3.64. The van der Waals surface area contributed by atoms with Gasteiger partial charge in [-0.15, -0.1) is 0 Å². The maximum absolute atomic E-state index is 11.2. The summed E-state index contributed by atoms with van der Waals surface area (Å²) in [6, 6.07) is 3.98. The molecule has 2 rings (SSSR count). The van der Waals surface area contributed by atoms with Crippen molar-refractivity contribution in [2.24, 2.45) is 5.73 Å². The Balaban J connectivity index is 2.01. The fourth-order valence-corrected chi connectivity index (χ4v) is 2.57. The summed E-state index contributed by atoms with van der Waals surface area (Å²) < 4.78 is 11.1. The molecule has 23 heavy (non-hydrogen) atoms. The van der Waals surface area contributed by atoms with Gasteiger partial charge in [-0.3, -0.25) is 9.69 Å². The molecule has 7 nitrogen and oxygen atoms in total.